The minimum atomic E-state index is -0.164. The maximum Gasteiger partial charge on any atom is 0.263 e. The second-order valence-electron chi connectivity index (χ2n) is 4.48. The van der Waals surface area contributed by atoms with E-state index < -0.39 is 0 Å². The molecule has 1 rings (SSSR count). The SMILES string of the molecule is CC/N=C(\OC)[C@@H](N)CCCCCC(=O)c1ncco1. The monoisotopic (exact) mass is 281 g/mol. The number of Topliss-reactive ketones (excluding diaryl/α,β-unsaturated/α-hetero) is 1. The molecule has 0 aliphatic heterocycles. The van der Waals surface area contributed by atoms with Gasteiger partial charge in [-0.2, -0.15) is 0 Å². The average molecular weight is 281 g/mol. The highest BCUT2D eigenvalue weighted by molar-refractivity contribution is 5.91. The second-order valence-corrected chi connectivity index (χ2v) is 4.48. The predicted octanol–water partition coefficient (Wildman–Crippen LogP) is 2.20. The molecule has 6 nitrogen and oxygen atoms in total. The zero-order chi connectivity index (χ0) is 14.8. The number of rotatable bonds is 9. The van der Waals surface area contributed by atoms with Crippen LogP contribution in [0.2, 0.25) is 0 Å². The molecule has 6 heteroatoms. The molecule has 0 amide bonds. The third kappa shape index (κ3) is 5.52. The molecule has 1 atom stereocenters. The van der Waals surface area contributed by atoms with Crippen LogP contribution in [0.3, 0.4) is 0 Å². The molecular weight excluding hydrogens is 258 g/mol. The molecule has 0 radical (unpaired) electrons. The fourth-order valence-electron chi connectivity index (χ4n) is 1.91. The third-order valence-corrected chi connectivity index (χ3v) is 2.93. The van der Waals surface area contributed by atoms with E-state index in [0.29, 0.717) is 18.9 Å². The van der Waals surface area contributed by atoms with E-state index in [4.69, 9.17) is 14.9 Å². The van der Waals surface area contributed by atoms with E-state index in [-0.39, 0.29) is 17.7 Å². The molecule has 0 aliphatic carbocycles. The van der Waals surface area contributed by atoms with E-state index in [1.165, 1.54) is 12.5 Å². The maximum absolute atomic E-state index is 11.6. The quantitative estimate of drug-likeness (QED) is 0.324. The maximum atomic E-state index is 11.6. The smallest absolute Gasteiger partial charge is 0.263 e. The Balaban J connectivity index is 2.16. The van der Waals surface area contributed by atoms with E-state index >= 15 is 0 Å². The Morgan fingerprint density at radius 2 is 2.30 bits per heavy atom. The van der Waals surface area contributed by atoms with E-state index in [2.05, 4.69) is 9.98 Å². The molecule has 1 heterocycles. The van der Waals surface area contributed by atoms with Crippen LogP contribution in [0.4, 0.5) is 0 Å². The molecule has 1 aromatic heterocycles. The Kier molecular flexibility index (Phi) is 7.57. The van der Waals surface area contributed by atoms with Crippen molar-refractivity contribution in [2.45, 2.75) is 45.1 Å². The van der Waals surface area contributed by atoms with Gasteiger partial charge in [-0.25, -0.2) is 4.98 Å². The van der Waals surface area contributed by atoms with E-state index in [1.807, 2.05) is 6.92 Å². The topological polar surface area (TPSA) is 90.7 Å². The van der Waals surface area contributed by atoms with Crippen LogP contribution in [0.5, 0.6) is 0 Å². The summed E-state index contributed by atoms with van der Waals surface area (Å²) in [6.45, 7) is 2.61. The van der Waals surface area contributed by atoms with Crippen LogP contribution < -0.4 is 5.73 Å². The van der Waals surface area contributed by atoms with Crippen LogP contribution in [0.25, 0.3) is 0 Å². The van der Waals surface area contributed by atoms with Crippen molar-refractivity contribution in [2.75, 3.05) is 13.7 Å². The first kappa shape index (κ1) is 16.4. The van der Waals surface area contributed by atoms with Gasteiger partial charge in [0.15, 0.2) is 5.90 Å². The Morgan fingerprint density at radius 1 is 1.50 bits per heavy atom. The highest BCUT2D eigenvalue weighted by Crippen LogP contribution is 2.09. The minimum Gasteiger partial charge on any atom is -0.483 e. The number of oxazole rings is 1. The van der Waals surface area contributed by atoms with Crippen molar-refractivity contribution in [1.82, 2.24) is 4.98 Å². The van der Waals surface area contributed by atoms with Gasteiger partial charge in [0, 0.05) is 13.0 Å². The van der Waals surface area contributed by atoms with Crippen LogP contribution in [0, 0.1) is 0 Å². The van der Waals surface area contributed by atoms with Crippen LogP contribution >= 0.6 is 0 Å². The summed E-state index contributed by atoms with van der Waals surface area (Å²) in [7, 11) is 1.59. The van der Waals surface area contributed by atoms with Crippen molar-refractivity contribution in [3.05, 3.63) is 18.4 Å². The number of ketones is 1. The molecule has 2 N–H and O–H groups in total. The van der Waals surface area contributed by atoms with E-state index in [9.17, 15) is 4.79 Å². The van der Waals surface area contributed by atoms with Gasteiger partial charge in [0.1, 0.15) is 6.26 Å². The standard InChI is InChI=1S/C14H23N3O3/c1-3-16-13(19-2)11(15)7-5-4-6-8-12(18)14-17-9-10-20-14/h9-11H,3-8,15H2,1-2H3/b16-13-/t11-/m0/s1. The summed E-state index contributed by atoms with van der Waals surface area (Å²) in [5.74, 6) is 0.742. The van der Waals surface area contributed by atoms with Gasteiger partial charge in [-0.1, -0.05) is 12.8 Å². The van der Waals surface area contributed by atoms with Gasteiger partial charge in [0.05, 0.1) is 19.3 Å². The first-order valence-corrected chi connectivity index (χ1v) is 6.95. The van der Waals surface area contributed by atoms with Gasteiger partial charge < -0.3 is 14.9 Å². The summed E-state index contributed by atoms with van der Waals surface area (Å²) in [5, 5.41) is 0. The van der Waals surface area contributed by atoms with E-state index in [0.717, 1.165) is 25.7 Å². The number of unbranched alkanes of at least 4 members (excludes halogenated alkanes) is 2. The number of hydrogen-bond acceptors (Lipinski definition) is 6. The fraction of sp³-hybridized carbons (Fsp3) is 0.643. The molecule has 0 bridgehead atoms. The van der Waals surface area contributed by atoms with Crippen LogP contribution in [0.15, 0.2) is 21.9 Å². The predicted molar refractivity (Wildman–Crippen MR) is 76.9 cm³/mol. The number of aliphatic imine (C=N–C) groups is 1. The highest BCUT2D eigenvalue weighted by Gasteiger charge is 2.12. The van der Waals surface area contributed by atoms with Crippen molar-refractivity contribution in [1.29, 1.82) is 0 Å². The summed E-state index contributed by atoms with van der Waals surface area (Å²) in [6.07, 6.45) is 6.82. The van der Waals surface area contributed by atoms with Gasteiger partial charge in [-0.05, 0) is 19.8 Å². The van der Waals surface area contributed by atoms with Gasteiger partial charge in [0.2, 0.25) is 5.78 Å². The number of carbonyl (C=O) groups is 1. The van der Waals surface area contributed by atoms with Crippen LogP contribution in [0.1, 0.15) is 49.7 Å². The molecule has 0 saturated heterocycles. The van der Waals surface area contributed by atoms with Crippen LogP contribution in [-0.4, -0.2) is 36.4 Å². The van der Waals surface area contributed by atoms with Gasteiger partial charge in [-0.15, -0.1) is 0 Å². The number of ether oxygens (including phenoxy) is 1. The Hall–Kier alpha value is -1.69. The lowest BCUT2D eigenvalue weighted by Gasteiger charge is -2.13. The fourth-order valence-corrected chi connectivity index (χ4v) is 1.91. The molecule has 0 aliphatic rings. The first-order chi connectivity index (χ1) is 9.69. The normalized spacial score (nSPS) is 13.2. The highest BCUT2D eigenvalue weighted by atomic mass is 16.5. The van der Waals surface area contributed by atoms with Crippen LogP contribution in [-0.2, 0) is 4.74 Å². The second kappa shape index (κ2) is 9.25. The summed E-state index contributed by atoms with van der Waals surface area (Å²) >= 11 is 0. The number of hydrogen-bond donors (Lipinski definition) is 1. The van der Waals surface area contributed by atoms with E-state index in [1.54, 1.807) is 7.11 Å². The molecule has 112 valence electrons. The first-order valence-electron chi connectivity index (χ1n) is 6.95. The van der Waals surface area contributed by atoms with Gasteiger partial charge in [0.25, 0.3) is 5.89 Å². The Bertz CT molecular complexity index is 415. The molecule has 0 unspecified atom stereocenters. The molecule has 0 saturated carbocycles. The molecule has 20 heavy (non-hydrogen) atoms. The lowest BCUT2D eigenvalue weighted by atomic mass is 10.1. The summed E-state index contributed by atoms with van der Waals surface area (Å²) < 4.78 is 10.1. The van der Waals surface area contributed by atoms with Crippen molar-refractivity contribution in [2.24, 2.45) is 10.7 Å². The molecule has 1 aromatic rings. The average Bonchev–Trinajstić information content (AvgIpc) is 2.98. The van der Waals surface area contributed by atoms with Gasteiger partial charge in [-0.3, -0.25) is 9.79 Å². The summed E-state index contributed by atoms with van der Waals surface area (Å²) in [6, 6.07) is -0.164. The number of aromatic nitrogens is 1. The van der Waals surface area contributed by atoms with Gasteiger partial charge >= 0.3 is 0 Å². The zero-order valence-electron chi connectivity index (χ0n) is 12.2. The largest absolute Gasteiger partial charge is 0.483 e. The number of methoxy groups -OCH3 is 1. The summed E-state index contributed by atoms with van der Waals surface area (Å²) in [5.41, 5.74) is 5.99. The Morgan fingerprint density at radius 3 is 2.90 bits per heavy atom. The van der Waals surface area contributed by atoms with Crippen molar-refractivity contribution in [3.63, 3.8) is 0 Å². The number of nitrogens with two attached hydrogens (primary N) is 1. The number of nitrogens with zero attached hydrogens (tertiary/aromatic N) is 2. The zero-order valence-corrected chi connectivity index (χ0v) is 12.2. The molecule has 0 aromatic carbocycles. The number of carbonyl (C=O) groups excluding carboxylic acids is 1. The third-order valence-electron chi connectivity index (χ3n) is 2.93. The molecule has 0 spiro atoms. The summed E-state index contributed by atoms with van der Waals surface area (Å²) in [4.78, 5) is 19.7. The molecular formula is C14H23N3O3. The lowest BCUT2D eigenvalue weighted by molar-refractivity contribution is 0.0945. The molecule has 0 fully saturated rings. The Labute approximate surface area is 119 Å². The van der Waals surface area contributed by atoms with Crippen molar-refractivity contribution < 1.29 is 13.9 Å². The minimum absolute atomic E-state index is 0.0515. The van der Waals surface area contributed by atoms with Crippen molar-refractivity contribution in [3.8, 4) is 0 Å². The lowest BCUT2D eigenvalue weighted by Crippen LogP contribution is -2.31. The van der Waals surface area contributed by atoms with Crippen molar-refractivity contribution >= 4 is 11.7 Å².